The number of likely N-dealkylation sites (tertiary alicyclic amines) is 2. The van der Waals surface area contributed by atoms with E-state index in [2.05, 4.69) is 16.0 Å². The summed E-state index contributed by atoms with van der Waals surface area (Å²) in [7, 11) is 0. The second kappa shape index (κ2) is 14.1. The van der Waals surface area contributed by atoms with Crippen molar-refractivity contribution in [3.63, 3.8) is 0 Å². The Morgan fingerprint density at radius 1 is 1.02 bits per heavy atom. The quantitative estimate of drug-likeness (QED) is 0.303. The predicted molar refractivity (Wildman–Crippen MR) is 175 cm³/mol. The Hall–Kier alpha value is -3.23. The van der Waals surface area contributed by atoms with Crippen LogP contribution in [0.3, 0.4) is 0 Å². The van der Waals surface area contributed by atoms with E-state index in [1.165, 1.54) is 6.07 Å². The van der Waals surface area contributed by atoms with Crippen molar-refractivity contribution >= 4 is 52.3 Å². The van der Waals surface area contributed by atoms with E-state index in [9.17, 15) is 27.6 Å². The molecule has 4 aliphatic heterocycles. The number of anilines is 2. The maximum absolute atomic E-state index is 14.0. The minimum absolute atomic E-state index is 0.0503. The number of carbonyl (C=O) groups is 3. The topological polar surface area (TPSA) is 123 Å². The molecule has 3 fully saturated rings. The third-order valence-electron chi connectivity index (χ3n) is 10.2. The normalized spacial score (nSPS) is 20.9. The second-order valence-corrected chi connectivity index (χ2v) is 14.4. The van der Waals surface area contributed by atoms with Gasteiger partial charge in [0.1, 0.15) is 6.04 Å². The number of thiophene rings is 1. The van der Waals surface area contributed by atoms with Crippen LogP contribution in [0.15, 0.2) is 23.6 Å². The third kappa shape index (κ3) is 7.59. The first-order valence-electron chi connectivity index (χ1n) is 16.3. The van der Waals surface area contributed by atoms with Crippen LogP contribution in [0.5, 0.6) is 0 Å². The van der Waals surface area contributed by atoms with Crippen LogP contribution in [0.25, 0.3) is 0 Å². The first-order chi connectivity index (χ1) is 22.5. The zero-order valence-corrected chi connectivity index (χ0v) is 27.7. The summed E-state index contributed by atoms with van der Waals surface area (Å²) >= 11 is 7.70. The van der Waals surface area contributed by atoms with Gasteiger partial charge in [0.05, 0.1) is 28.5 Å². The summed E-state index contributed by atoms with van der Waals surface area (Å²) in [6.45, 7) is 4.32. The van der Waals surface area contributed by atoms with Crippen LogP contribution in [0, 0.1) is 11.8 Å². The number of alkyl halides is 3. The summed E-state index contributed by atoms with van der Waals surface area (Å²) in [5, 5.41) is 10.9. The summed E-state index contributed by atoms with van der Waals surface area (Å²) in [5.41, 5.74) is 5.00. The van der Waals surface area contributed by atoms with Gasteiger partial charge in [0.2, 0.25) is 5.91 Å². The van der Waals surface area contributed by atoms with E-state index in [-0.39, 0.29) is 35.0 Å². The molecule has 47 heavy (non-hydrogen) atoms. The molecule has 3 saturated heterocycles. The summed E-state index contributed by atoms with van der Waals surface area (Å²) in [6, 6.07) is 2.36. The van der Waals surface area contributed by atoms with Crippen LogP contribution in [-0.4, -0.2) is 84.0 Å². The molecule has 1 aromatic carbocycles. The number of nitrogens with zero attached hydrogens (tertiary/aromatic N) is 3. The van der Waals surface area contributed by atoms with Crippen molar-refractivity contribution in [2.75, 3.05) is 50.3 Å². The van der Waals surface area contributed by atoms with E-state index in [1.807, 2.05) is 11.4 Å². The Morgan fingerprint density at radius 3 is 2.36 bits per heavy atom. The molecule has 10 nitrogen and oxygen atoms in total. The van der Waals surface area contributed by atoms with Crippen LogP contribution >= 0.6 is 22.9 Å². The molecule has 0 spiro atoms. The Morgan fingerprint density at radius 2 is 1.68 bits per heavy atom. The smallest absolute Gasteiger partial charge is 0.397 e. The van der Waals surface area contributed by atoms with Crippen molar-refractivity contribution in [3.05, 3.63) is 44.6 Å². The van der Waals surface area contributed by atoms with E-state index in [1.54, 1.807) is 26.0 Å². The lowest BCUT2D eigenvalue weighted by molar-refractivity contribution is -0.137. The Kier molecular flexibility index (Phi) is 10.1. The van der Waals surface area contributed by atoms with Gasteiger partial charge in [-0.05, 0) is 92.6 Å². The number of amides is 5. The Balaban J connectivity index is 1.13. The average molecular weight is 696 g/mol. The Bertz CT molecular complexity index is 1470. The molecule has 0 unspecified atom stereocenters. The van der Waals surface area contributed by atoms with Crippen LogP contribution in [-0.2, 0) is 23.9 Å². The number of nitrogen functional groups attached to an aromatic ring is 1. The van der Waals surface area contributed by atoms with E-state index in [0.717, 1.165) is 55.4 Å². The van der Waals surface area contributed by atoms with Gasteiger partial charge in [-0.15, -0.1) is 11.3 Å². The zero-order chi connectivity index (χ0) is 33.3. The van der Waals surface area contributed by atoms with Crippen LogP contribution < -0.4 is 21.7 Å². The number of halogens is 4. The standard InChI is InChI=1S/C32H41ClF3N7O3S/c33-24-16-19(15-23(28(24)37)32(34,35)36)17-26(29(44)41-10-3-21(4-11-41)20-1-8-38-9-2-20)40-30(45)42-12-5-22(6-13-42)43-18-27-25(7-14-47-27)39-31(43)46/h7,14-16,20-22,26,38H,1-6,8-13,17-18,37H2,(H,39,46)(H,40,45)/t26-/m1/s1. The summed E-state index contributed by atoms with van der Waals surface area (Å²) in [6.07, 6.45) is 0.163. The summed E-state index contributed by atoms with van der Waals surface area (Å²) in [4.78, 5) is 46.5. The van der Waals surface area contributed by atoms with Gasteiger partial charge in [0, 0.05) is 43.5 Å². The average Bonchev–Trinajstić information content (AvgIpc) is 3.52. The maximum atomic E-state index is 14.0. The first kappa shape index (κ1) is 33.7. The highest BCUT2D eigenvalue weighted by Crippen LogP contribution is 2.38. The molecule has 6 rings (SSSR count). The number of nitrogens with one attached hydrogen (secondary N) is 3. The SMILES string of the molecule is Nc1c(Cl)cc(C[C@@H](NC(=O)N2CCC(N3Cc4sccc4NC3=O)CC2)C(=O)N2CCC(C3CCNCC3)CC2)cc1C(F)(F)F. The van der Waals surface area contributed by atoms with Gasteiger partial charge in [-0.3, -0.25) is 4.79 Å². The zero-order valence-electron chi connectivity index (χ0n) is 26.1. The monoisotopic (exact) mass is 695 g/mol. The largest absolute Gasteiger partial charge is 0.418 e. The van der Waals surface area contributed by atoms with Gasteiger partial charge in [-0.1, -0.05) is 11.6 Å². The fourth-order valence-electron chi connectivity index (χ4n) is 7.49. The Labute approximate surface area is 281 Å². The van der Waals surface area contributed by atoms with E-state index >= 15 is 0 Å². The summed E-state index contributed by atoms with van der Waals surface area (Å²) < 4.78 is 41.3. The minimum Gasteiger partial charge on any atom is -0.397 e. The van der Waals surface area contributed by atoms with Gasteiger partial charge < -0.3 is 36.4 Å². The number of rotatable bonds is 6. The molecule has 0 aliphatic carbocycles. The van der Waals surface area contributed by atoms with Gasteiger partial charge in [-0.25, -0.2) is 9.59 Å². The number of fused-ring (bicyclic) bond motifs is 1. The molecule has 4 aliphatic rings. The number of piperidine rings is 3. The molecule has 1 atom stereocenters. The highest BCUT2D eigenvalue weighted by Gasteiger charge is 2.38. The van der Waals surface area contributed by atoms with Gasteiger partial charge in [0.15, 0.2) is 0 Å². The lowest BCUT2D eigenvalue weighted by atomic mass is 9.79. The molecular formula is C32H41ClF3N7O3S. The second-order valence-electron chi connectivity index (χ2n) is 13.0. The number of hydrogen-bond donors (Lipinski definition) is 4. The molecule has 15 heteroatoms. The molecule has 5 heterocycles. The van der Waals surface area contributed by atoms with Crippen molar-refractivity contribution < 1.29 is 27.6 Å². The van der Waals surface area contributed by atoms with Crippen molar-refractivity contribution in [1.29, 1.82) is 0 Å². The van der Waals surface area contributed by atoms with Crippen LogP contribution in [0.2, 0.25) is 5.02 Å². The number of benzene rings is 1. The highest BCUT2D eigenvalue weighted by molar-refractivity contribution is 7.10. The van der Waals surface area contributed by atoms with Crippen LogP contribution in [0.1, 0.15) is 54.5 Å². The van der Waals surface area contributed by atoms with E-state index in [0.29, 0.717) is 57.4 Å². The number of carbonyl (C=O) groups excluding carboxylic acids is 3. The molecule has 0 saturated carbocycles. The lowest BCUT2D eigenvalue weighted by Crippen LogP contribution is -2.57. The third-order valence-corrected chi connectivity index (χ3v) is 11.4. The van der Waals surface area contributed by atoms with E-state index < -0.39 is 29.5 Å². The van der Waals surface area contributed by atoms with Crippen molar-refractivity contribution in [2.45, 2.75) is 69.8 Å². The molecule has 1 aromatic heterocycles. The minimum atomic E-state index is -4.73. The molecule has 256 valence electrons. The fraction of sp³-hybridized carbons (Fsp3) is 0.594. The number of urea groups is 2. The molecule has 0 radical (unpaired) electrons. The van der Waals surface area contributed by atoms with Gasteiger partial charge in [-0.2, -0.15) is 13.2 Å². The van der Waals surface area contributed by atoms with E-state index in [4.69, 9.17) is 17.3 Å². The number of hydrogen-bond acceptors (Lipinski definition) is 6. The number of nitrogens with two attached hydrogens (primary N) is 1. The highest BCUT2D eigenvalue weighted by atomic mass is 35.5. The molecular weight excluding hydrogens is 655 g/mol. The fourth-order valence-corrected chi connectivity index (χ4v) is 8.56. The maximum Gasteiger partial charge on any atom is 0.418 e. The van der Waals surface area contributed by atoms with Gasteiger partial charge in [0.25, 0.3) is 0 Å². The van der Waals surface area contributed by atoms with Crippen molar-refractivity contribution in [2.24, 2.45) is 11.8 Å². The van der Waals surface area contributed by atoms with Crippen molar-refractivity contribution in [3.8, 4) is 0 Å². The molecule has 2 aromatic rings. The van der Waals surface area contributed by atoms with Crippen LogP contribution in [0.4, 0.5) is 34.1 Å². The molecule has 5 N–H and O–H groups in total. The molecule has 0 bridgehead atoms. The van der Waals surface area contributed by atoms with Crippen molar-refractivity contribution in [1.82, 2.24) is 25.3 Å². The lowest BCUT2D eigenvalue weighted by Gasteiger charge is -2.41. The predicted octanol–water partition coefficient (Wildman–Crippen LogP) is 5.37. The summed E-state index contributed by atoms with van der Waals surface area (Å²) in [5.74, 6) is 0.817. The van der Waals surface area contributed by atoms with Gasteiger partial charge >= 0.3 is 18.2 Å². The first-order valence-corrected chi connectivity index (χ1v) is 17.6. The molecule has 5 amide bonds.